The maximum Gasteiger partial charge on any atom is 0.290 e. The summed E-state index contributed by atoms with van der Waals surface area (Å²) in [4.78, 5) is 12.1. The molecule has 1 aliphatic carbocycles. The zero-order chi connectivity index (χ0) is 15.5. The van der Waals surface area contributed by atoms with Gasteiger partial charge in [-0.2, -0.15) is 0 Å². The van der Waals surface area contributed by atoms with Gasteiger partial charge in [0.25, 0.3) is 5.91 Å². The topological polar surface area (TPSA) is 75.4 Å². The fourth-order valence-electron chi connectivity index (χ4n) is 2.42. The molecule has 2 atom stereocenters. The lowest BCUT2D eigenvalue weighted by molar-refractivity contribution is 0.0904. The average molecular weight is 319 g/mol. The molecule has 0 unspecified atom stereocenters. The van der Waals surface area contributed by atoms with Gasteiger partial charge in [0.15, 0.2) is 0 Å². The van der Waals surface area contributed by atoms with Crippen LogP contribution in [0.25, 0.3) is 11.3 Å². The number of nitrogens with one attached hydrogen (secondary N) is 1. The van der Waals surface area contributed by atoms with Crippen molar-refractivity contribution in [2.75, 3.05) is 6.61 Å². The molecule has 22 heavy (non-hydrogen) atoms. The number of carbonyl (C=O) groups is 1. The summed E-state index contributed by atoms with van der Waals surface area (Å²) in [6.45, 7) is 0.0874. The van der Waals surface area contributed by atoms with Crippen LogP contribution in [-0.4, -0.2) is 28.8 Å². The van der Waals surface area contributed by atoms with E-state index < -0.39 is 0 Å². The maximum absolute atomic E-state index is 12.1. The zero-order valence-corrected chi connectivity index (χ0v) is 12.5. The highest BCUT2D eigenvalue weighted by molar-refractivity contribution is 6.30. The summed E-state index contributed by atoms with van der Waals surface area (Å²) in [7, 11) is 0. The second-order valence-corrected chi connectivity index (χ2v) is 5.67. The fraction of sp³-hybridized carbons (Fsp3) is 0.250. The van der Waals surface area contributed by atoms with Crippen LogP contribution in [0.15, 0.2) is 47.0 Å². The van der Waals surface area contributed by atoms with E-state index in [1.807, 2.05) is 24.3 Å². The van der Waals surface area contributed by atoms with Gasteiger partial charge in [-0.3, -0.25) is 4.79 Å². The van der Waals surface area contributed by atoms with Gasteiger partial charge in [0, 0.05) is 35.2 Å². The SMILES string of the molecule is O=C(N[C@@H]1C=C[C@H](CO)C1)c1cc(-c2cccc(Cl)c2)no1. The van der Waals surface area contributed by atoms with Crippen LogP contribution in [0.5, 0.6) is 0 Å². The number of aromatic nitrogens is 1. The highest BCUT2D eigenvalue weighted by atomic mass is 35.5. The summed E-state index contributed by atoms with van der Waals surface area (Å²) >= 11 is 5.94. The average Bonchev–Trinajstić information content (AvgIpc) is 3.16. The Labute approximate surface area is 132 Å². The largest absolute Gasteiger partial charge is 0.396 e. The molecule has 2 N–H and O–H groups in total. The van der Waals surface area contributed by atoms with Crippen molar-refractivity contribution in [3.8, 4) is 11.3 Å². The summed E-state index contributed by atoms with van der Waals surface area (Å²) < 4.78 is 5.11. The van der Waals surface area contributed by atoms with Gasteiger partial charge < -0.3 is 14.9 Å². The lowest BCUT2D eigenvalue weighted by atomic mass is 10.1. The number of aliphatic hydroxyl groups is 1. The molecule has 3 rings (SSSR count). The second-order valence-electron chi connectivity index (χ2n) is 5.23. The minimum absolute atomic E-state index is 0.0874. The molecular weight excluding hydrogens is 304 g/mol. The van der Waals surface area contributed by atoms with Crippen molar-refractivity contribution in [2.24, 2.45) is 5.92 Å². The Bertz CT molecular complexity index is 711. The fourth-order valence-corrected chi connectivity index (χ4v) is 2.61. The minimum Gasteiger partial charge on any atom is -0.396 e. The molecule has 0 radical (unpaired) electrons. The van der Waals surface area contributed by atoms with Gasteiger partial charge in [-0.05, 0) is 18.6 Å². The Morgan fingerprint density at radius 2 is 2.27 bits per heavy atom. The molecule has 0 aliphatic heterocycles. The van der Waals surface area contributed by atoms with Gasteiger partial charge in [0.05, 0.1) is 0 Å². The molecule has 1 heterocycles. The summed E-state index contributed by atoms with van der Waals surface area (Å²) in [6.07, 6.45) is 4.48. The smallest absolute Gasteiger partial charge is 0.290 e. The van der Waals surface area contributed by atoms with Crippen LogP contribution in [0.1, 0.15) is 17.0 Å². The molecule has 0 saturated carbocycles. The lowest BCUT2D eigenvalue weighted by Gasteiger charge is -2.10. The minimum atomic E-state index is -0.325. The van der Waals surface area contributed by atoms with E-state index in [0.717, 1.165) is 5.56 Å². The number of nitrogens with zero attached hydrogens (tertiary/aromatic N) is 1. The number of halogens is 1. The number of carbonyl (C=O) groups excluding carboxylic acids is 1. The third-order valence-corrected chi connectivity index (χ3v) is 3.81. The third-order valence-electron chi connectivity index (χ3n) is 3.58. The number of amides is 1. The quantitative estimate of drug-likeness (QED) is 0.850. The van der Waals surface area contributed by atoms with Crippen LogP contribution in [0.3, 0.4) is 0 Å². The van der Waals surface area contributed by atoms with Crippen molar-refractivity contribution < 1.29 is 14.4 Å². The number of rotatable bonds is 4. The predicted octanol–water partition coefficient (Wildman–Crippen LogP) is 2.66. The predicted molar refractivity (Wildman–Crippen MR) is 82.5 cm³/mol. The Morgan fingerprint density at radius 1 is 1.41 bits per heavy atom. The first kappa shape index (κ1) is 14.8. The van der Waals surface area contributed by atoms with E-state index in [1.54, 1.807) is 18.2 Å². The Kier molecular flexibility index (Phi) is 4.27. The van der Waals surface area contributed by atoms with Gasteiger partial charge >= 0.3 is 0 Å². The normalized spacial score (nSPS) is 20.3. The van der Waals surface area contributed by atoms with Crippen LogP contribution in [0.4, 0.5) is 0 Å². The van der Waals surface area contributed by atoms with Crippen LogP contribution < -0.4 is 5.32 Å². The summed E-state index contributed by atoms with van der Waals surface area (Å²) in [5.41, 5.74) is 1.35. The van der Waals surface area contributed by atoms with E-state index >= 15 is 0 Å². The molecule has 0 fully saturated rings. The highest BCUT2D eigenvalue weighted by Gasteiger charge is 2.22. The van der Waals surface area contributed by atoms with E-state index in [0.29, 0.717) is 17.1 Å². The Balaban J connectivity index is 1.69. The number of aliphatic hydroxyl groups excluding tert-OH is 1. The van der Waals surface area contributed by atoms with Gasteiger partial charge in [0.1, 0.15) is 5.69 Å². The van der Waals surface area contributed by atoms with Crippen LogP contribution >= 0.6 is 11.6 Å². The van der Waals surface area contributed by atoms with Crippen molar-refractivity contribution in [1.82, 2.24) is 10.5 Å². The molecule has 0 bridgehead atoms. The molecule has 2 aromatic rings. The summed E-state index contributed by atoms with van der Waals surface area (Å²) in [6, 6.07) is 8.67. The first-order valence-electron chi connectivity index (χ1n) is 6.98. The van der Waals surface area contributed by atoms with Crippen LogP contribution in [0, 0.1) is 5.92 Å². The van der Waals surface area contributed by atoms with Gasteiger partial charge in [-0.1, -0.05) is 41.0 Å². The lowest BCUT2D eigenvalue weighted by Crippen LogP contribution is -2.32. The van der Waals surface area contributed by atoms with E-state index in [2.05, 4.69) is 10.5 Å². The molecular formula is C16H15ClN2O3. The molecule has 1 aliphatic rings. The number of benzene rings is 1. The van der Waals surface area contributed by atoms with Crippen molar-refractivity contribution >= 4 is 17.5 Å². The summed E-state index contributed by atoms with van der Waals surface area (Å²) in [5, 5.41) is 16.4. The highest BCUT2D eigenvalue weighted by Crippen LogP contribution is 2.23. The van der Waals surface area contributed by atoms with Crippen molar-refractivity contribution in [3.63, 3.8) is 0 Å². The molecule has 114 valence electrons. The first-order chi connectivity index (χ1) is 10.7. The maximum atomic E-state index is 12.1. The molecule has 6 heteroatoms. The van der Waals surface area contributed by atoms with Crippen molar-refractivity contribution in [1.29, 1.82) is 0 Å². The second kappa shape index (κ2) is 6.34. The number of hydrogen-bond donors (Lipinski definition) is 2. The molecule has 1 amide bonds. The Hall–Kier alpha value is -2.11. The molecule has 0 saturated heterocycles. The molecule has 0 spiro atoms. The van der Waals surface area contributed by atoms with E-state index in [9.17, 15) is 4.79 Å². The van der Waals surface area contributed by atoms with E-state index in [1.165, 1.54) is 0 Å². The standard InChI is InChI=1S/C16H15ClN2O3/c17-12-3-1-2-11(7-12)14-8-15(22-19-14)16(21)18-13-5-4-10(6-13)9-20/h1-5,7-8,10,13,20H,6,9H2,(H,18,21)/t10-,13+/m0/s1. The molecule has 5 nitrogen and oxygen atoms in total. The zero-order valence-electron chi connectivity index (χ0n) is 11.7. The molecule has 1 aromatic heterocycles. The van der Waals surface area contributed by atoms with Crippen molar-refractivity contribution in [2.45, 2.75) is 12.5 Å². The third kappa shape index (κ3) is 3.21. The van der Waals surface area contributed by atoms with Gasteiger partial charge in [-0.25, -0.2) is 0 Å². The van der Waals surface area contributed by atoms with Crippen LogP contribution in [0.2, 0.25) is 5.02 Å². The van der Waals surface area contributed by atoms with Crippen LogP contribution in [-0.2, 0) is 0 Å². The summed E-state index contributed by atoms with van der Waals surface area (Å²) in [5.74, 6) is -0.0770. The monoisotopic (exact) mass is 318 g/mol. The Morgan fingerprint density at radius 3 is 3.00 bits per heavy atom. The van der Waals surface area contributed by atoms with E-state index in [4.69, 9.17) is 21.2 Å². The molecule has 1 aromatic carbocycles. The first-order valence-corrected chi connectivity index (χ1v) is 7.36. The van der Waals surface area contributed by atoms with E-state index in [-0.39, 0.29) is 30.2 Å². The number of hydrogen-bond acceptors (Lipinski definition) is 4. The van der Waals surface area contributed by atoms with Crippen molar-refractivity contribution in [3.05, 3.63) is 53.3 Å². The van der Waals surface area contributed by atoms with Gasteiger partial charge in [0.2, 0.25) is 5.76 Å². The van der Waals surface area contributed by atoms with Gasteiger partial charge in [-0.15, -0.1) is 0 Å².